The number of anilines is 3. The van der Waals surface area contributed by atoms with E-state index in [1.165, 1.54) is 33.0 Å². The van der Waals surface area contributed by atoms with E-state index in [9.17, 15) is 0 Å². The first-order valence-corrected chi connectivity index (χ1v) is 17.0. The molecule has 50 heavy (non-hydrogen) atoms. The minimum atomic E-state index is -0.508. The SMILES string of the molecule is c1ccc(N(c2ccc3c(c2)Oc2ccc4c(c2O3)-c2ccccc2C4(c2ccccc2)c2ccccc2)c2cccc3ccccc23)cc1. The van der Waals surface area contributed by atoms with Crippen LogP contribution in [-0.4, -0.2) is 0 Å². The largest absolute Gasteiger partial charge is 0.449 e. The third-order valence-corrected chi connectivity index (χ3v) is 10.2. The summed E-state index contributed by atoms with van der Waals surface area (Å²) >= 11 is 0. The summed E-state index contributed by atoms with van der Waals surface area (Å²) in [6.45, 7) is 0. The quantitative estimate of drug-likeness (QED) is 0.187. The standard InChI is InChI=1S/C47H31NO2/c1-4-17-33(18-5-1)47(34-19-6-2-7-20-34)39-25-13-12-24-38(39)45-40(47)28-30-43-46(45)50-42-29-27-36(31-44(42)49-43)48(35-21-8-3-9-22-35)41-26-14-16-32-15-10-11-23-37(32)41/h1-31H. The van der Waals surface area contributed by atoms with E-state index in [4.69, 9.17) is 9.47 Å². The van der Waals surface area contributed by atoms with Crippen LogP contribution in [0.5, 0.6) is 23.0 Å². The second kappa shape index (κ2) is 11.3. The van der Waals surface area contributed by atoms with Crippen LogP contribution in [0.15, 0.2) is 188 Å². The fraction of sp³-hybridized carbons (Fsp3) is 0.0213. The molecule has 2 aliphatic rings. The normalized spacial score (nSPS) is 13.3. The first-order valence-electron chi connectivity index (χ1n) is 17.0. The molecule has 0 bridgehead atoms. The fourth-order valence-corrected chi connectivity index (χ4v) is 8.10. The van der Waals surface area contributed by atoms with Crippen LogP contribution < -0.4 is 14.4 Å². The van der Waals surface area contributed by atoms with E-state index < -0.39 is 5.41 Å². The Balaban J connectivity index is 1.13. The summed E-state index contributed by atoms with van der Waals surface area (Å²) in [6.07, 6.45) is 0. The predicted molar refractivity (Wildman–Crippen MR) is 203 cm³/mol. The molecule has 8 aromatic carbocycles. The molecule has 0 fully saturated rings. The predicted octanol–water partition coefficient (Wildman–Crippen LogP) is 12.6. The summed E-state index contributed by atoms with van der Waals surface area (Å²) < 4.78 is 13.7. The lowest BCUT2D eigenvalue weighted by atomic mass is 9.68. The van der Waals surface area contributed by atoms with Gasteiger partial charge in [0.1, 0.15) is 0 Å². The van der Waals surface area contributed by atoms with Crippen LogP contribution in [0.3, 0.4) is 0 Å². The molecule has 0 amide bonds. The number of para-hydroxylation sites is 1. The lowest BCUT2D eigenvalue weighted by molar-refractivity contribution is 0.360. The average Bonchev–Trinajstić information content (AvgIpc) is 3.50. The molecular weight excluding hydrogens is 611 g/mol. The Kier molecular flexibility index (Phi) is 6.40. The molecule has 0 saturated carbocycles. The van der Waals surface area contributed by atoms with Gasteiger partial charge in [-0.15, -0.1) is 0 Å². The molecule has 8 aromatic rings. The summed E-state index contributed by atoms with van der Waals surface area (Å²) in [5, 5.41) is 2.36. The Morgan fingerprint density at radius 2 is 1.06 bits per heavy atom. The number of hydrogen-bond acceptors (Lipinski definition) is 3. The lowest BCUT2D eigenvalue weighted by Gasteiger charge is -2.34. The first-order chi connectivity index (χ1) is 24.8. The monoisotopic (exact) mass is 641 g/mol. The van der Waals surface area contributed by atoms with Crippen molar-refractivity contribution < 1.29 is 9.47 Å². The summed E-state index contributed by atoms with van der Waals surface area (Å²) in [5.41, 5.74) is 9.71. The maximum absolute atomic E-state index is 6.92. The maximum atomic E-state index is 6.92. The third-order valence-electron chi connectivity index (χ3n) is 10.2. The molecule has 236 valence electrons. The highest BCUT2D eigenvalue weighted by Gasteiger charge is 2.48. The van der Waals surface area contributed by atoms with E-state index in [0.29, 0.717) is 17.2 Å². The zero-order valence-corrected chi connectivity index (χ0v) is 27.2. The Bertz CT molecular complexity index is 2500. The molecule has 1 aliphatic heterocycles. The van der Waals surface area contributed by atoms with Crippen molar-refractivity contribution in [3.8, 4) is 34.1 Å². The number of fused-ring (bicyclic) bond motifs is 7. The summed E-state index contributed by atoms with van der Waals surface area (Å²) in [5.74, 6) is 2.82. The molecule has 3 heteroatoms. The van der Waals surface area contributed by atoms with E-state index in [1.54, 1.807) is 0 Å². The Morgan fingerprint density at radius 1 is 0.420 bits per heavy atom. The highest BCUT2D eigenvalue weighted by molar-refractivity contribution is 5.99. The van der Waals surface area contributed by atoms with Gasteiger partial charge < -0.3 is 14.4 Å². The maximum Gasteiger partial charge on any atom is 0.178 e. The molecule has 10 rings (SSSR count). The van der Waals surface area contributed by atoms with Crippen LogP contribution in [0.25, 0.3) is 21.9 Å². The first kappa shape index (κ1) is 28.4. The van der Waals surface area contributed by atoms with E-state index in [0.717, 1.165) is 33.9 Å². The summed E-state index contributed by atoms with van der Waals surface area (Å²) in [6, 6.07) is 66.4. The van der Waals surface area contributed by atoms with Gasteiger partial charge in [0.2, 0.25) is 0 Å². The molecule has 0 unspecified atom stereocenters. The van der Waals surface area contributed by atoms with Gasteiger partial charge in [-0.3, -0.25) is 0 Å². The molecule has 1 heterocycles. The van der Waals surface area contributed by atoms with Gasteiger partial charge in [-0.05, 0) is 69.6 Å². The van der Waals surface area contributed by atoms with Gasteiger partial charge in [0.05, 0.1) is 16.8 Å². The van der Waals surface area contributed by atoms with E-state index in [-0.39, 0.29) is 0 Å². The molecule has 3 nitrogen and oxygen atoms in total. The van der Waals surface area contributed by atoms with Crippen LogP contribution in [0, 0.1) is 0 Å². The van der Waals surface area contributed by atoms with Crippen LogP contribution in [0.4, 0.5) is 17.1 Å². The van der Waals surface area contributed by atoms with E-state index in [2.05, 4.69) is 181 Å². The molecule has 1 aliphatic carbocycles. The second-order valence-electron chi connectivity index (χ2n) is 12.8. The zero-order valence-electron chi connectivity index (χ0n) is 27.2. The van der Waals surface area contributed by atoms with Gasteiger partial charge in [-0.2, -0.15) is 0 Å². The Morgan fingerprint density at radius 3 is 1.84 bits per heavy atom. The Hall–Kier alpha value is -6.58. The van der Waals surface area contributed by atoms with E-state index in [1.807, 2.05) is 12.1 Å². The number of benzene rings is 8. The van der Waals surface area contributed by atoms with Crippen LogP contribution in [0.1, 0.15) is 22.3 Å². The zero-order chi connectivity index (χ0) is 33.1. The molecular formula is C47H31NO2. The van der Waals surface area contributed by atoms with Crippen LogP contribution >= 0.6 is 0 Å². The summed E-state index contributed by atoms with van der Waals surface area (Å²) in [7, 11) is 0. The molecule has 0 aromatic heterocycles. The van der Waals surface area contributed by atoms with Gasteiger partial charge in [0, 0.05) is 22.7 Å². The number of hydrogen-bond donors (Lipinski definition) is 0. The van der Waals surface area contributed by atoms with Crippen molar-refractivity contribution in [1.82, 2.24) is 0 Å². The minimum Gasteiger partial charge on any atom is -0.449 e. The topological polar surface area (TPSA) is 21.7 Å². The molecule has 0 atom stereocenters. The molecule has 0 N–H and O–H groups in total. The van der Waals surface area contributed by atoms with Gasteiger partial charge in [-0.1, -0.05) is 146 Å². The van der Waals surface area contributed by atoms with Crippen LogP contribution in [-0.2, 0) is 5.41 Å². The van der Waals surface area contributed by atoms with Crippen molar-refractivity contribution in [2.45, 2.75) is 5.41 Å². The smallest absolute Gasteiger partial charge is 0.178 e. The van der Waals surface area contributed by atoms with Crippen molar-refractivity contribution in [1.29, 1.82) is 0 Å². The van der Waals surface area contributed by atoms with Crippen molar-refractivity contribution in [3.63, 3.8) is 0 Å². The number of ether oxygens (including phenoxy) is 2. The van der Waals surface area contributed by atoms with Crippen molar-refractivity contribution in [2.24, 2.45) is 0 Å². The molecule has 0 radical (unpaired) electrons. The highest BCUT2D eigenvalue weighted by Crippen LogP contribution is 2.62. The van der Waals surface area contributed by atoms with Crippen molar-refractivity contribution >= 4 is 27.8 Å². The lowest BCUT2D eigenvalue weighted by Crippen LogP contribution is -2.28. The molecule has 0 spiro atoms. The minimum absolute atomic E-state index is 0.508. The van der Waals surface area contributed by atoms with Gasteiger partial charge in [-0.25, -0.2) is 0 Å². The van der Waals surface area contributed by atoms with Crippen molar-refractivity contribution in [3.05, 3.63) is 210 Å². The van der Waals surface area contributed by atoms with Crippen molar-refractivity contribution in [2.75, 3.05) is 4.90 Å². The van der Waals surface area contributed by atoms with Gasteiger partial charge in [0.25, 0.3) is 0 Å². The summed E-state index contributed by atoms with van der Waals surface area (Å²) in [4.78, 5) is 2.29. The Labute approximate surface area is 291 Å². The number of nitrogens with zero attached hydrogens (tertiary/aromatic N) is 1. The highest BCUT2D eigenvalue weighted by atomic mass is 16.6. The van der Waals surface area contributed by atoms with Gasteiger partial charge >= 0.3 is 0 Å². The van der Waals surface area contributed by atoms with E-state index >= 15 is 0 Å². The van der Waals surface area contributed by atoms with Crippen LogP contribution in [0.2, 0.25) is 0 Å². The third kappa shape index (κ3) is 4.17. The second-order valence-corrected chi connectivity index (χ2v) is 12.8. The van der Waals surface area contributed by atoms with Gasteiger partial charge in [0.15, 0.2) is 23.0 Å². The fourth-order valence-electron chi connectivity index (χ4n) is 8.10. The average molecular weight is 642 g/mol. The number of rotatable bonds is 5. The molecule has 0 saturated heterocycles.